The standard InChI is InChI=1S/C27H34N4O9/c1-6-40-26(38)29-10-12-9-15(30(2)3)13-7-11-8-14-19(31(4)5)22(34)18(25(28)37)24(36)27(14,39)23(35)16(11)21(33)17(13)20(12)32/h9,11,14,19,32,34-35,39H,6-8,10H2,1-5H3,(H2,28,37)(H,29,38)/t11-,14-,19?,27-/m0/s1. The van der Waals surface area contributed by atoms with Crippen LogP contribution in [-0.2, 0) is 27.3 Å². The lowest BCUT2D eigenvalue weighted by atomic mass is 9.58. The Morgan fingerprint density at radius 2 is 1.82 bits per heavy atom. The number of hydrogen-bond donors (Lipinski definition) is 6. The summed E-state index contributed by atoms with van der Waals surface area (Å²) in [5.74, 6) is -7.17. The Kier molecular flexibility index (Phi) is 7.32. The van der Waals surface area contributed by atoms with E-state index in [9.17, 15) is 39.6 Å². The summed E-state index contributed by atoms with van der Waals surface area (Å²) in [7, 11) is 6.64. The molecule has 40 heavy (non-hydrogen) atoms. The van der Waals surface area contributed by atoms with Crippen LogP contribution in [0.5, 0.6) is 5.75 Å². The number of rotatable bonds is 6. The number of aliphatic hydroxyl groups is 3. The Labute approximate surface area is 230 Å². The second-order valence-corrected chi connectivity index (χ2v) is 10.7. The normalized spacial score (nSPS) is 25.8. The predicted molar refractivity (Wildman–Crippen MR) is 142 cm³/mol. The van der Waals surface area contributed by atoms with Crippen LogP contribution in [0.4, 0.5) is 10.5 Å². The van der Waals surface area contributed by atoms with E-state index in [0.29, 0.717) is 11.3 Å². The fraction of sp³-hybridized carbons (Fsp3) is 0.481. The third-order valence-electron chi connectivity index (χ3n) is 7.96. The van der Waals surface area contributed by atoms with Crippen molar-refractivity contribution in [2.75, 3.05) is 39.7 Å². The van der Waals surface area contributed by atoms with Gasteiger partial charge in [0.1, 0.15) is 22.8 Å². The van der Waals surface area contributed by atoms with Gasteiger partial charge in [0.05, 0.1) is 18.2 Å². The molecule has 4 atom stereocenters. The zero-order valence-corrected chi connectivity index (χ0v) is 22.9. The van der Waals surface area contributed by atoms with Crippen molar-refractivity contribution in [1.29, 1.82) is 0 Å². The number of carbonyl (C=O) groups is 4. The number of anilines is 1. The molecule has 0 saturated carbocycles. The van der Waals surface area contributed by atoms with Crippen molar-refractivity contribution in [1.82, 2.24) is 10.2 Å². The van der Waals surface area contributed by atoms with E-state index in [4.69, 9.17) is 10.5 Å². The first-order valence-electron chi connectivity index (χ1n) is 12.8. The van der Waals surface area contributed by atoms with Crippen LogP contribution in [-0.4, -0.2) is 95.3 Å². The molecule has 0 aromatic heterocycles. The fourth-order valence-electron chi connectivity index (χ4n) is 6.24. The van der Waals surface area contributed by atoms with Gasteiger partial charge in [-0.3, -0.25) is 19.3 Å². The van der Waals surface area contributed by atoms with E-state index in [0.717, 1.165) is 0 Å². The number of carbonyl (C=O) groups excluding carboxylic acids is 4. The van der Waals surface area contributed by atoms with Gasteiger partial charge in [0.2, 0.25) is 5.78 Å². The van der Waals surface area contributed by atoms with Crippen molar-refractivity contribution in [3.8, 4) is 5.75 Å². The minimum absolute atomic E-state index is 0.00838. The Morgan fingerprint density at radius 3 is 2.38 bits per heavy atom. The summed E-state index contributed by atoms with van der Waals surface area (Å²) in [6.07, 6.45) is -0.571. The van der Waals surface area contributed by atoms with Crippen LogP contribution in [0.25, 0.3) is 0 Å². The first-order chi connectivity index (χ1) is 18.7. The van der Waals surface area contributed by atoms with E-state index in [2.05, 4.69) is 5.32 Å². The lowest BCUT2D eigenvalue weighted by molar-refractivity contribution is -0.148. The number of Topliss-reactive ketones (excluding diaryl/α,β-unsaturated/α-hetero) is 2. The first-order valence-corrected chi connectivity index (χ1v) is 12.8. The molecule has 0 bridgehead atoms. The average molecular weight is 559 g/mol. The quantitative estimate of drug-likeness (QED) is 0.264. The Balaban J connectivity index is 1.90. The number of ketones is 2. The van der Waals surface area contributed by atoms with Gasteiger partial charge in [0.25, 0.3) is 5.91 Å². The highest BCUT2D eigenvalue weighted by atomic mass is 16.5. The second kappa shape index (κ2) is 10.1. The summed E-state index contributed by atoms with van der Waals surface area (Å²) in [4.78, 5) is 54.6. The van der Waals surface area contributed by atoms with Gasteiger partial charge < -0.3 is 41.1 Å². The maximum Gasteiger partial charge on any atom is 0.407 e. The smallest absolute Gasteiger partial charge is 0.407 e. The lowest BCUT2D eigenvalue weighted by Gasteiger charge is -2.50. The van der Waals surface area contributed by atoms with Gasteiger partial charge in [0, 0.05) is 43.4 Å². The molecule has 4 rings (SSSR count). The van der Waals surface area contributed by atoms with Crippen LogP contribution in [0.2, 0.25) is 0 Å². The highest BCUT2D eigenvalue weighted by molar-refractivity contribution is 6.25. The number of aromatic hydroxyl groups is 1. The molecule has 1 aromatic rings. The van der Waals surface area contributed by atoms with E-state index < -0.39 is 69.9 Å². The molecule has 1 unspecified atom stereocenters. The largest absolute Gasteiger partial charge is 0.510 e. The molecule has 3 aliphatic carbocycles. The van der Waals surface area contributed by atoms with Gasteiger partial charge in [0.15, 0.2) is 11.4 Å². The van der Waals surface area contributed by atoms with Crippen molar-refractivity contribution in [2.24, 2.45) is 17.6 Å². The molecule has 0 saturated heterocycles. The minimum Gasteiger partial charge on any atom is -0.510 e. The van der Waals surface area contributed by atoms with E-state index >= 15 is 0 Å². The number of benzene rings is 1. The third-order valence-corrected chi connectivity index (χ3v) is 7.96. The van der Waals surface area contributed by atoms with E-state index in [-0.39, 0.29) is 42.7 Å². The topological polar surface area (TPSA) is 203 Å². The molecular formula is C27H34N4O9. The highest BCUT2D eigenvalue weighted by Crippen LogP contribution is 2.53. The van der Waals surface area contributed by atoms with E-state index in [1.54, 1.807) is 46.1 Å². The second-order valence-electron chi connectivity index (χ2n) is 10.7. The number of phenolic OH excluding ortho intramolecular Hbond substituents is 1. The van der Waals surface area contributed by atoms with Crippen molar-refractivity contribution in [3.05, 3.63) is 45.4 Å². The van der Waals surface area contributed by atoms with Crippen LogP contribution in [0.3, 0.4) is 0 Å². The average Bonchev–Trinajstić information content (AvgIpc) is 2.85. The zero-order valence-electron chi connectivity index (χ0n) is 22.9. The number of nitrogens with zero attached hydrogens (tertiary/aromatic N) is 2. The molecule has 0 fully saturated rings. The van der Waals surface area contributed by atoms with Gasteiger partial charge in [-0.15, -0.1) is 0 Å². The first kappa shape index (κ1) is 28.9. The molecule has 13 nitrogen and oxygen atoms in total. The number of allylic oxidation sites excluding steroid dienone is 1. The summed E-state index contributed by atoms with van der Waals surface area (Å²) >= 11 is 0. The lowest BCUT2D eigenvalue weighted by Crippen LogP contribution is -2.63. The maximum atomic E-state index is 14.0. The zero-order chi connectivity index (χ0) is 29.8. The number of nitrogens with one attached hydrogen (secondary N) is 1. The monoisotopic (exact) mass is 558 g/mol. The number of primary amides is 1. The van der Waals surface area contributed by atoms with Crippen LogP contribution >= 0.6 is 0 Å². The number of likely N-dealkylation sites (N-methyl/N-ethyl adjacent to an activating group) is 1. The molecule has 0 heterocycles. The van der Waals surface area contributed by atoms with Crippen LogP contribution in [0.1, 0.15) is 34.8 Å². The number of phenols is 1. The van der Waals surface area contributed by atoms with Gasteiger partial charge in [-0.2, -0.15) is 0 Å². The van der Waals surface area contributed by atoms with Gasteiger partial charge in [-0.05, 0) is 51.4 Å². The third kappa shape index (κ3) is 4.16. The number of amides is 2. The van der Waals surface area contributed by atoms with Crippen molar-refractivity contribution in [3.63, 3.8) is 0 Å². The van der Waals surface area contributed by atoms with Gasteiger partial charge >= 0.3 is 6.09 Å². The Morgan fingerprint density at radius 1 is 1.18 bits per heavy atom. The highest BCUT2D eigenvalue weighted by Gasteiger charge is 2.63. The number of fused-ring (bicyclic) bond motifs is 3. The minimum atomic E-state index is -2.71. The number of aliphatic hydroxyl groups excluding tert-OH is 2. The molecule has 3 aliphatic rings. The van der Waals surface area contributed by atoms with Crippen LogP contribution in [0, 0.1) is 11.8 Å². The molecule has 13 heteroatoms. The molecule has 0 spiro atoms. The number of nitrogens with two attached hydrogens (primary N) is 1. The maximum absolute atomic E-state index is 14.0. The summed E-state index contributed by atoms with van der Waals surface area (Å²) in [5.41, 5.74) is 2.68. The van der Waals surface area contributed by atoms with Gasteiger partial charge in [-0.25, -0.2) is 4.79 Å². The predicted octanol–water partition coefficient (Wildman–Crippen LogP) is 0.433. The van der Waals surface area contributed by atoms with Crippen molar-refractivity contribution < 1.29 is 44.3 Å². The molecule has 0 radical (unpaired) electrons. The molecule has 0 aliphatic heterocycles. The molecule has 7 N–H and O–H groups in total. The summed E-state index contributed by atoms with van der Waals surface area (Å²) in [6, 6.07) is 0.574. The summed E-state index contributed by atoms with van der Waals surface area (Å²) < 4.78 is 4.86. The van der Waals surface area contributed by atoms with Crippen LogP contribution < -0.4 is 16.0 Å². The molecule has 1 aromatic carbocycles. The van der Waals surface area contributed by atoms with Crippen LogP contribution in [0.15, 0.2) is 28.7 Å². The number of ether oxygens (including phenoxy) is 1. The molecular weight excluding hydrogens is 524 g/mol. The number of alkyl carbamates (subject to hydrolysis) is 1. The Hall–Kier alpha value is -4.10. The summed E-state index contributed by atoms with van der Waals surface area (Å²) in [6.45, 7) is 1.61. The van der Waals surface area contributed by atoms with Gasteiger partial charge in [-0.1, -0.05) is 0 Å². The van der Waals surface area contributed by atoms with E-state index in [1.165, 1.54) is 4.90 Å². The molecule has 2 amide bonds. The van der Waals surface area contributed by atoms with Crippen molar-refractivity contribution >= 4 is 29.3 Å². The fourth-order valence-corrected chi connectivity index (χ4v) is 6.24. The summed E-state index contributed by atoms with van der Waals surface area (Å²) in [5, 5.41) is 47.7. The molecule has 216 valence electrons. The van der Waals surface area contributed by atoms with E-state index in [1.807, 2.05) is 0 Å². The SMILES string of the molecule is CCOC(=O)NCc1cc(N(C)C)c2c(c1O)C(=O)C1=C(O)[C@]3(O)C(=O)C(C(N)=O)=C(O)C(N(C)C)[C@@H]3C[C@@H]1C2. The number of hydrogen-bond acceptors (Lipinski definition) is 11. The Bertz CT molecular complexity index is 1380. The van der Waals surface area contributed by atoms with Crippen molar-refractivity contribution in [2.45, 2.75) is 38.0 Å².